The van der Waals surface area contributed by atoms with Gasteiger partial charge in [-0.15, -0.1) is 5.10 Å². The van der Waals surface area contributed by atoms with Gasteiger partial charge in [0.25, 0.3) is 15.9 Å². The van der Waals surface area contributed by atoms with Crippen LogP contribution in [0.25, 0.3) is 5.82 Å². The van der Waals surface area contributed by atoms with E-state index in [1.165, 1.54) is 16.8 Å². The number of rotatable bonds is 5. The van der Waals surface area contributed by atoms with Crippen LogP contribution < -0.4 is 19.7 Å². The third-order valence-corrected chi connectivity index (χ3v) is 11.0. The van der Waals surface area contributed by atoms with E-state index in [2.05, 4.69) is 38.9 Å². The van der Waals surface area contributed by atoms with Crippen molar-refractivity contribution >= 4 is 27.6 Å². The molecule has 7 rings (SSSR count). The molecule has 4 bridgehead atoms. The fourth-order valence-electron chi connectivity index (χ4n) is 7.06. The van der Waals surface area contributed by atoms with Gasteiger partial charge < -0.3 is 15.0 Å². The highest BCUT2D eigenvalue weighted by atomic mass is 32.2. The Morgan fingerprint density at radius 1 is 1.11 bits per heavy atom. The first kappa shape index (κ1) is 29.8. The van der Waals surface area contributed by atoms with Gasteiger partial charge in [-0.3, -0.25) is 4.79 Å². The summed E-state index contributed by atoms with van der Waals surface area (Å²) < 4.78 is 75.5. The quantitative estimate of drug-likeness (QED) is 0.405. The molecular formula is C30H34F3N7O4S. The molecule has 45 heavy (non-hydrogen) atoms. The molecule has 0 aromatic carbocycles. The summed E-state index contributed by atoms with van der Waals surface area (Å²) in [6.45, 7) is 5.34. The largest absolute Gasteiger partial charge is 0.477 e. The summed E-state index contributed by atoms with van der Waals surface area (Å²) in [6.07, 6.45) is 0.210. The van der Waals surface area contributed by atoms with Gasteiger partial charge in [-0.25, -0.2) is 19.4 Å². The first-order chi connectivity index (χ1) is 21.2. The SMILES string of the molecule is CC1(C)CC23CC2CCNc2cccc(n2)S(=O)(=O)NC(=O)c2ccc(-n4ccc(OCCC5(C(F)(F)F)CC5)n4)nc2N1C3. The lowest BCUT2D eigenvalue weighted by molar-refractivity contribution is -0.190. The first-order valence-corrected chi connectivity index (χ1v) is 16.5. The summed E-state index contributed by atoms with van der Waals surface area (Å²) >= 11 is 0. The molecule has 2 atom stereocenters. The summed E-state index contributed by atoms with van der Waals surface area (Å²) in [5, 5.41) is 7.31. The zero-order valence-electron chi connectivity index (χ0n) is 24.9. The highest BCUT2D eigenvalue weighted by Gasteiger charge is 2.63. The number of ether oxygens (including phenoxy) is 1. The molecule has 1 saturated heterocycles. The number of hydrogen-bond donors (Lipinski definition) is 2. The van der Waals surface area contributed by atoms with Crippen molar-refractivity contribution in [2.45, 2.75) is 69.1 Å². The van der Waals surface area contributed by atoms with Gasteiger partial charge >= 0.3 is 6.18 Å². The minimum absolute atomic E-state index is 0.0419. The molecule has 2 unspecified atom stereocenters. The van der Waals surface area contributed by atoms with Crippen LogP contribution in [0.4, 0.5) is 24.8 Å². The molecule has 2 aliphatic heterocycles. The minimum Gasteiger partial charge on any atom is -0.477 e. The van der Waals surface area contributed by atoms with E-state index in [1.807, 2.05) is 0 Å². The van der Waals surface area contributed by atoms with Gasteiger partial charge in [0, 0.05) is 30.9 Å². The number of aromatic nitrogens is 4. The van der Waals surface area contributed by atoms with Crippen molar-refractivity contribution in [3.05, 3.63) is 48.2 Å². The summed E-state index contributed by atoms with van der Waals surface area (Å²) in [5.41, 5.74) is -1.93. The van der Waals surface area contributed by atoms with Gasteiger partial charge in [-0.05, 0) is 88.0 Å². The monoisotopic (exact) mass is 645 g/mol. The van der Waals surface area contributed by atoms with Crippen molar-refractivity contribution in [3.8, 4) is 11.7 Å². The molecule has 240 valence electrons. The van der Waals surface area contributed by atoms with Crippen LogP contribution in [0.1, 0.15) is 62.7 Å². The number of alkyl halides is 3. The molecule has 5 heterocycles. The van der Waals surface area contributed by atoms with Crippen LogP contribution in [-0.4, -0.2) is 65.5 Å². The highest BCUT2D eigenvalue weighted by Crippen LogP contribution is 2.64. The molecule has 1 amide bonds. The number of fused-ring (bicyclic) bond motifs is 5. The third-order valence-electron chi connectivity index (χ3n) is 9.82. The second-order valence-electron chi connectivity index (χ2n) is 13.4. The summed E-state index contributed by atoms with van der Waals surface area (Å²) in [4.78, 5) is 24.8. The van der Waals surface area contributed by atoms with Gasteiger partial charge in [0.1, 0.15) is 11.6 Å². The highest BCUT2D eigenvalue weighted by molar-refractivity contribution is 7.90. The van der Waals surface area contributed by atoms with E-state index in [9.17, 15) is 26.4 Å². The van der Waals surface area contributed by atoms with Gasteiger partial charge in [-0.1, -0.05) is 6.07 Å². The van der Waals surface area contributed by atoms with Crippen LogP contribution >= 0.6 is 0 Å². The number of halogens is 3. The predicted molar refractivity (Wildman–Crippen MR) is 158 cm³/mol. The van der Waals surface area contributed by atoms with Crippen LogP contribution in [0, 0.1) is 16.7 Å². The van der Waals surface area contributed by atoms with E-state index < -0.39 is 27.5 Å². The standard InChI is InChI=1S/C30H34F3N7O4S/c1-27(2)17-28-16-19(28)8-13-34-21-4-3-5-24(35-21)45(42,43)38-26(41)20-6-7-22(36-25(20)39(27)18-28)40-14-9-23(37-40)44-15-12-29(10-11-29)30(31,32)33/h3-7,9,14,19H,8,10-13,15-18H2,1-2H3,(H,34,35)(H,38,41). The van der Waals surface area contributed by atoms with E-state index in [0.29, 0.717) is 36.5 Å². The number of amides is 1. The lowest BCUT2D eigenvalue weighted by atomic mass is 9.92. The maximum atomic E-state index is 13.6. The summed E-state index contributed by atoms with van der Waals surface area (Å²) in [5.74, 6) is 0.843. The van der Waals surface area contributed by atoms with Gasteiger partial charge in [0.15, 0.2) is 10.8 Å². The van der Waals surface area contributed by atoms with Crippen LogP contribution in [-0.2, 0) is 10.0 Å². The molecule has 3 fully saturated rings. The molecule has 15 heteroatoms. The molecule has 2 N–H and O–H groups in total. The van der Waals surface area contributed by atoms with Crippen LogP contribution in [0.5, 0.6) is 5.88 Å². The van der Waals surface area contributed by atoms with E-state index in [4.69, 9.17) is 9.72 Å². The lowest BCUT2D eigenvalue weighted by Gasteiger charge is -2.33. The minimum atomic E-state index is -4.30. The Kier molecular flexibility index (Phi) is 6.66. The predicted octanol–water partition coefficient (Wildman–Crippen LogP) is 4.70. The van der Waals surface area contributed by atoms with Crippen molar-refractivity contribution in [1.82, 2.24) is 24.5 Å². The summed E-state index contributed by atoms with van der Waals surface area (Å²) in [7, 11) is -4.30. The Labute approximate surface area is 258 Å². The molecule has 3 aromatic rings. The second kappa shape index (κ2) is 10.1. The van der Waals surface area contributed by atoms with E-state index >= 15 is 0 Å². The number of nitrogens with one attached hydrogen (secondary N) is 2. The number of anilines is 2. The fraction of sp³-hybridized carbons (Fsp3) is 0.533. The maximum Gasteiger partial charge on any atom is 0.394 e. The zero-order valence-corrected chi connectivity index (χ0v) is 25.7. The van der Waals surface area contributed by atoms with E-state index in [1.54, 1.807) is 30.5 Å². The van der Waals surface area contributed by atoms with Crippen LogP contribution in [0.3, 0.4) is 0 Å². The lowest BCUT2D eigenvalue weighted by Crippen LogP contribution is -2.41. The second-order valence-corrected chi connectivity index (χ2v) is 15.0. The number of carbonyl (C=O) groups excluding carboxylic acids is 1. The van der Waals surface area contributed by atoms with Crippen molar-refractivity contribution in [2.24, 2.45) is 16.7 Å². The van der Waals surface area contributed by atoms with Crippen LogP contribution in [0.15, 0.2) is 47.6 Å². The summed E-state index contributed by atoms with van der Waals surface area (Å²) in [6, 6.07) is 9.20. The third kappa shape index (κ3) is 5.38. The fourth-order valence-corrected chi connectivity index (χ4v) is 7.99. The van der Waals surface area contributed by atoms with Crippen molar-refractivity contribution in [2.75, 3.05) is 29.9 Å². The molecule has 4 aliphatic rings. The zero-order chi connectivity index (χ0) is 31.8. The average Bonchev–Trinajstić information content (AvgIpc) is 3.81. The topological polar surface area (TPSA) is 131 Å². The van der Waals surface area contributed by atoms with Crippen molar-refractivity contribution in [3.63, 3.8) is 0 Å². The molecule has 0 radical (unpaired) electrons. The number of carbonyl (C=O) groups is 1. The Balaban J connectivity index is 1.20. The number of nitrogens with zero attached hydrogens (tertiary/aromatic N) is 5. The smallest absolute Gasteiger partial charge is 0.394 e. The Morgan fingerprint density at radius 2 is 1.91 bits per heavy atom. The number of hydrogen-bond acceptors (Lipinski definition) is 9. The van der Waals surface area contributed by atoms with Gasteiger partial charge in [0.05, 0.1) is 17.6 Å². The maximum absolute atomic E-state index is 13.6. The Morgan fingerprint density at radius 3 is 2.67 bits per heavy atom. The van der Waals surface area contributed by atoms with Gasteiger partial charge in [0.2, 0.25) is 5.88 Å². The number of sulfonamides is 1. The normalized spacial score (nSPS) is 25.9. The Bertz CT molecular complexity index is 1770. The molecule has 2 aliphatic carbocycles. The van der Waals surface area contributed by atoms with Crippen LogP contribution in [0.2, 0.25) is 0 Å². The van der Waals surface area contributed by atoms with Crippen molar-refractivity contribution in [1.29, 1.82) is 0 Å². The molecule has 3 aromatic heterocycles. The molecule has 11 nitrogen and oxygen atoms in total. The average molecular weight is 646 g/mol. The van der Waals surface area contributed by atoms with Gasteiger partial charge in [-0.2, -0.15) is 21.6 Å². The van der Waals surface area contributed by atoms with Crippen molar-refractivity contribution < 1.29 is 31.1 Å². The number of pyridine rings is 2. The molecular weight excluding hydrogens is 611 g/mol. The molecule has 1 spiro atoms. The molecule has 2 saturated carbocycles. The Hall–Kier alpha value is -3.88. The van der Waals surface area contributed by atoms with E-state index in [0.717, 1.165) is 19.3 Å². The van der Waals surface area contributed by atoms with E-state index in [-0.39, 0.29) is 53.3 Å². The first-order valence-electron chi connectivity index (χ1n) is 15.0.